The van der Waals surface area contributed by atoms with Crippen LogP contribution in [0.25, 0.3) is 0 Å². The molecule has 1 N–H and O–H groups in total. The van der Waals surface area contributed by atoms with Gasteiger partial charge in [-0.25, -0.2) is 4.79 Å². The summed E-state index contributed by atoms with van der Waals surface area (Å²) in [6.45, 7) is -0.323. The van der Waals surface area contributed by atoms with Crippen molar-refractivity contribution in [2.24, 2.45) is 0 Å². The van der Waals surface area contributed by atoms with Gasteiger partial charge in [0.1, 0.15) is 25.4 Å². The highest BCUT2D eigenvalue weighted by atomic mass is 16.7. The second kappa shape index (κ2) is 15.0. The van der Waals surface area contributed by atoms with Gasteiger partial charge in [-0.15, -0.1) is 0 Å². The predicted molar refractivity (Wildman–Crippen MR) is 109 cm³/mol. The Labute approximate surface area is 183 Å². The minimum atomic E-state index is -0.979. The number of rotatable bonds is 3. The van der Waals surface area contributed by atoms with Crippen LogP contribution in [0.2, 0.25) is 0 Å². The summed E-state index contributed by atoms with van der Waals surface area (Å²) < 4.78 is 26.1. The monoisotopic (exact) mass is 444 g/mol. The number of hydrogen-bond acceptors (Lipinski definition) is 9. The van der Waals surface area contributed by atoms with Gasteiger partial charge in [-0.05, 0) is 12.8 Å². The van der Waals surface area contributed by atoms with E-state index in [4.69, 9.17) is 23.7 Å². The molecule has 0 aromatic rings. The lowest BCUT2D eigenvalue weighted by atomic mass is 10.1. The number of cyclic esters (lactones) is 2. The third-order valence-electron chi connectivity index (χ3n) is 5.46. The van der Waals surface area contributed by atoms with Gasteiger partial charge >= 0.3 is 18.1 Å². The maximum absolute atomic E-state index is 12.2. The minimum Gasteiger partial charge on any atom is -0.462 e. The number of carbonyl (C=O) groups is 3. The van der Waals surface area contributed by atoms with Crippen LogP contribution in [-0.2, 0) is 33.3 Å². The summed E-state index contributed by atoms with van der Waals surface area (Å²) in [7, 11) is 0. The summed E-state index contributed by atoms with van der Waals surface area (Å²) in [5.74, 6) is -0.752. The molecule has 178 valence electrons. The SMILES string of the molecule is O=C1CCCCCCCCCCCC(=O)OCC(OC(=O)OC2CCOC2CO)CO1. The van der Waals surface area contributed by atoms with Gasteiger partial charge in [0.25, 0.3) is 0 Å². The average molecular weight is 445 g/mol. The first-order chi connectivity index (χ1) is 15.1. The molecule has 0 saturated carbocycles. The van der Waals surface area contributed by atoms with E-state index >= 15 is 0 Å². The molecule has 0 spiro atoms. The van der Waals surface area contributed by atoms with E-state index in [1.165, 1.54) is 6.42 Å². The molecule has 9 nitrogen and oxygen atoms in total. The van der Waals surface area contributed by atoms with Gasteiger partial charge in [0.15, 0.2) is 6.10 Å². The second-order valence-corrected chi connectivity index (χ2v) is 8.07. The van der Waals surface area contributed by atoms with Crippen LogP contribution in [0.4, 0.5) is 4.79 Å². The van der Waals surface area contributed by atoms with Gasteiger partial charge in [0, 0.05) is 19.3 Å². The summed E-state index contributed by atoms with van der Waals surface area (Å²) >= 11 is 0. The molecule has 31 heavy (non-hydrogen) atoms. The number of carbonyl (C=O) groups excluding carboxylic acids is 3. The molecule has 2 aliphatic rings. The van der Waals surface area contributed by atoms with Gasteiger partial charge in [0.05, 0.1) is 13.2 Å². The van der Waals surface area contributed by atoms with E-state index in [0.717, 1.165) is 51.4 Å². The molecule has 2 saturated heterocycles. The summed E-state index contributed by atoms with van der Waals surface area (Å²) in [6, 6.07) is 0. The van der Waals surface area contributed by atoms with Gasteiger partial charge in [-0.2, -0.15) is 0 Å². The van der Waals surface area contributed by atoms with E-state index in [2.05, 4.69) is 0 Å². The number of esters is 2. The van der Waals surface area contributed by atoms with Gasteiger partial charge < -0.3 is 28.8 Å². The van der Waals surface area contributed by atoms with Crippen LogP contribution in [0, 0.1) is 0 Å². The predicted octanol–water partition coefficient (Wildman–Crippen LogP) is 3.05. The molecule has 9 heteroatoms. The molecular weight excluding hydrogens is 408 g/mol. The number of aliphatic hydroxyl groups is 1. The van der Waals surface area contributed by atoms with Crippen molar-refractivity contribution >= 4 is 18.1 Å². The molecule has 0 radical (unpaired) electrons. The second-order valence-electron chi connectivity index (χ2n) is 8.07. The van der Waals surface area contributed by atoms with Crippen molar-refractivity contribution in [1.29, 1.82) is 0 Å². The Bertz CT molecular complexity index is 523. The topological polar surface area (TPSA) is 118 Å². The molecule has 2 heterocycles. The van der Waals surface area contributed by atoms with Crippen molar-refractivity contribution in [3.05, 3.63) is 0 Å². The molecule has 2 rings (SSSR count). The van der Waals surface area contributed by atoms with E-state index < -0.39 is 24.5 Å². The zero-order valence-corrected chi connectivity index (χ0v) is 18.3. The molecule has 0 aromatic carbocycles. The van der Waals surface area contributed by atoms with Crippen molar-refractivity contribution in [3.8, 4) is 0 Å². The van der Waals surface area contributed by atoms with E-state index in [0.29, 0.717) is 25.9 Å². The van der Waals surface area contributed by atoms with Crippen LogP contribution in [0.1, 0.15) is 77.0 Å². The quantitative estimate of drug-likeness (QED) is 0.517. The zero-order valence-electron chi connectivity index (χ0n) is 18.3. The Morgan fingerprint density at radius 3 is 1.87 bits per heavy atom. The Hall–Kier alpha value is -1.87. The van der Waals surface area contributed by atoms with E-state index in [9.17, 15) is 19.5 Å². The van der Waals surface area contributed by atoms with Crippen LogP contribution in [0.15, 0.2) is 0 Å². The van der Waals surface area contributed by atoms with Gasteiger partial charge in [-0.1, -0.05) is 44.9 Å². The molecule has 0 aliphatic carbocycles. The zero-order chi connectivity index (χ0) is 22.3. The molecule has 2 aliphatic heterocycles. The highest BCUT2D eigenvalue weighted by Gasteiger charge is 2.32. The first-order valence-corrected chi connectivity index (χ1v) is 11.5. The van der Waals surface area contributed by atoms with Crippen LogP contribution < -0.4 is 0 Å². The maximum Gasteiger partial charge on any atom is 0.509 e. The van der Waals surface area contributed by atoms with Crippen molar-refractivity contribution in [1.82, 2.24) is 0 Å². The van der Waals surface area contributed by atoms with Crippen LogP contribution >= 0.6 is 0 Å². The lowest BCUT2D eigenvalue weighted by molar-refractivity contribution is -0.154. The van der Waals surface area contributed by atoms with Crippen molar-refractivity contribution < 1.29 is 43.2 Å². The summed E-state index contributed by atoms with van der Waals surface area (Å²) in [5, 5.41) is 9.25. The van der Waals surface area contributed by atoms with Crippen molar-refractivity contribution in [2.75, 3.05) is 26.4 Å². The molecule has 0 aromatic heterocycles. The standard InChI is InChI=1S/C22H36O9/c23-14-19-18(12-13-27-19)31-22(26)30-17-15-28-20(24)10-8-6-4-2-1-3-5-7-9-11-21(25)29-16-17/h17-19,23H,1-16H2. The van der Waals surface area contributed by atoms with Crippen LogP contribution in [0.5, 0.6) is 0 Å². The van der Waals surface area contributed by atoms with Gasteiger partial charge in [-0.3, -0.25) is 9.59 Å². The fourth-order valence-corrected chi connectivity index (χ4v) is 3.63. The lowest BCUT2D eigenvalue weighted by Crippen LogP contribution is -2.35. The molecular formula is C22H36O9. The third-order valence-corrected chi connectivity index (χ3v) is 5.46. The molecule has 2 atom stereocenters. The highest BCUT2D eigenvalue weighted by Crippen LogP contribution is 2.18. The Balaban J connectivity index is 1.85. The molecule has 2 unspecified atom stereocenters. The van der Waals surface area contributed by atoms with Gasteiger partial charge in [0.2, 0.25) is 0 Å². The maximum atomic E-state index is 12.2. The Kier molecular flexibility index (Phi) is 12.3. The number of hydrogen-bond donors (Lipinski definition) is 1. The first kappa shape index (κ1) is 25.4. The van der Waals surface area contributed by atoms with E-state index in [1.807, 2.05) is 0 Å². The highest BCUT2D eigenvalue weighted by molar-refractivity contribution is 5.70. The Morgan fingerprint density at radius 2 is 1.35 bits per heavy atom. The van der Waals surface area contributed by atoms with Crippen LogP contribution in [-0.4, -0.2) is 67.9 Å². The summed E-state index contributed by atoms with van der Waals surface area (Å²) in [5.41, 5.74) is 0. The fraction of sp³-hybridized carbons (Fsp3) is 0.864. The first-order valence-electron chi connectivity index (χ1n) is 11.5. The summed E-state index contributed by atoms with van der Waals surface area (Å²) in [4.78, 5) is 36.1. The molecule has 0 amide bonds. The largest absolute Gasteiger partial charge is 0.509 e. The van der Waals surface area contributed by atoms with Crippen molar-refractivity contribution in [3.63, 3.8) is 0 Å². The molecule has 0 bridgehead atoms. The number of aliphatic hydroxyl groups excluding tert-OH is 1. The Morgan fingerprint density at radius 1 is 0.839 bits per heavy atom. The summed E-state index contributed by atoms with van der Waals surface area (Å²) in [6.07, 6.45) is 7.05. The van der Waals surface area contributed by atoms with Crippen molar-refractivity contribution in [2.45, 2.75) is 95.4 Å². The fourth-order valence-electron chi connectivity index (χ4n) is 3.63. The van der Waals surface area contributed by atoms with E-state index in [-0.39, 0.29) is 31.8 Å². The average Bonchev–Trinajstić information content (AvgIpc) is 3.20. The van der Waals surface area contributed by atoms with Crippen LogP contribution in [0.3, 0.4) is 0 Å². The smallest absolute Gasteiger partial charge is 0.462 e. The minimum absolute atomic E-state index is 0.216. The normalized spacial score (nSPS) is 26.2. The van der Waals surface area contributed by atoms with E-state index in [1.54, 1.807) is 0 Å². The third kappa shape index (κ3) is 10.8. The number of ether oxygens (including phenoxy) is 5. The molecule has 2 fully saturated rings. The lowest BCUT2D eigenvalue weighted by Gasteiger charge is -2.21.